The van der Waals surface area contributed by atoms with Crippen LogP contribution in [-0.2, 0) is 0 Å². The van der Waals surface area contributed by atoms with Gasteiger partial charge in [-0.1, -0.05) is 46.1 Å². The first-order valence-corrected chi connectivity index (χ1v) is 9.15. The second-order valence-corrected chi connectivity index (χ2v) is 7.04. The molecule has 0 aliphatic rings. The van der Waals surface area contributed by atoms with Crippen LogP contribution in [0.3, 0.4) is 0 Å². The van der Waals surface area contributed by atoms with Crippen LogP contribution in [0.1, 0.15) is 13.3 Å². The van der Waals surface area contributed by atoms with E-state index in [1.165, 1.54) is 0 Å². The topological polar surface area (TPSA) is 22.1 Å². The number of alkyl halides is 1. The SMILES string of the molecule is CCC(CBr)COc1c(I)cc(Cl)c2ccc(Cl)nc12. The molecule has 0 amide bonds. The third-order valence-corrected chi connectivity index (χ3v) is 5.30. The van der Waals surface area contributed by atoms with Gasteiger partial charge in [0.1, 0.15) is 10.7 Å². The number of ether oxygens (including phenoxy) is 1. The predicted molar refractivity (Wildman–Crippen MR) is 97.6 cm³/mol. The van der Waals surface area contributed by atoms with Crippen LogP contribution in [0, 0.1) is 9.49 Å². The van der Waals surface area contributed by atoms with E-state index >= 15 is 0 Å². The molecule has 1 aromatic heterocycles. The maximum Gasteiger partial charge on any atom is 0.158 e. The lowest BCUT2D eigenvalue weighted by Crippen LogP contribution is -2.13. The number of pyridine rings is 1. The molecular formula is C14H13BrCl2INO. The first kappa shape index (κ1) is 16.6. The molecule has 0 saturated heterocycles. The van der Waals surface area contributed by atoms with Crippen molar-refractivity contribution in [1.82, 2.24) is 4.98 Å². The zero-order valence-electron chi connectivity index (χ0n) is 10.8. The molecule has 2 aromatic rings. The fourth-order valence-electron chi connectivity index (χ4n) is 1.78. The van der Waals surface area contributed by atoms with Crippen LogP contribution >= 0.6 is 61.7 Å². The van der Waals surface area contributed by atoms with Gasteiger partial charge in [-0.15, -0.1) is 0 Å². The number of hydrogen-bond acceptors (Lipinski definition) is 2. The highest BCUT2D eigenvalue weighted by atomic mass is 127. The minimum absolute atomic E-state index is 0.438. The van der Waals surface area contributed by atoms with Gasteiger partial charge in [0.15, 0.2) is 5.75 Å². The van der Waals surface area contributed by atoms with Gasteiger partial charge in [0, 0.05) is 16.6 Å². The largest absolute Gasteiger partial charge is 0.490 e. The van der Waals surface area contributed by atoms with Crippen LogP contribution in [0.5, 0.6) is 5.75 Å². The Morgan fingerprint density at radius 1 is 1.40 bits per heavy atom. The number of benzene rings is 1. The number of aromatic nitrogens is 1. The summed E-state index contributed by atoms with van der Waals surface area (Å²) in [5.74, 6) is 1.22. The zero-order valence-corrected chi connectivity index (χ0v) is 16.1. The van der Waals surface area contributed by atoms with E-state index in [0.717, 1.165) is 32.0 Å². The molecule has 0 bridgehead atoms. The number of rotatable bonds is 5. The summed E-state index contributed by atoms with van der Waals surface area (Å²) in [7, 11) is 0. The summed E-state index contributed by atoms with van der Waals surface area (Å²) in [5.41, 5.74) is 0.721. The van der Waals surface area contributed by atoms with Crippen molar-refractivity contribution in [1.29, 1.82) is 0 Å². The highest BCUT2D eigenvalue weighted by molar-refractivity contribution is 14.1. The molecule has 1 atom stereocenters. The molecule has 6 heteroatoms. The first-order valence-electron chi connectivity index (χ1n) is 6.19. The fourth-order valence-corrected chi connectivity index (χ4v) is 3.74. The lowest BCUT2D eigenvalue weighted by Gasteiger charge is -2.16. The molecule has 1 unspecified atom stereocenters. The quantitative estimate of drug-likeness (QED) is 0.295. The molecule has 2 nitrogen and oxygen atoms in total. The minimum Gasteiger partial charge on any atom is -0.490 e. The van der Waals surface area contributed by atoms with Crippen LogP contribution in [0.4, 0.5) is 0 Å². The Morgan fingerprint density at radius 3 is 2.80 bits per heavy atom. The van der Waals surface area contributed by atoms with E-state index in [0.29, 0.717) is 22.7 Å². The van der Waals surface area contributed by atoms with Crippen molar-refractivity contribution < 1.29 is 4.74 Å². The minimum atomic E-state index is 0.438. The molecule has 0 radical (unpaired) electrons. The monoisotopic (exact) mass is 487 g/mol. The van der Waals surface area contributed by atoms with E-state index in [1.54, 1.807) is 6.07 Å². The normalized spacial score (nSPS) is 12.7. The van der Waals surface area contributed by atoms with E-state index < -0.39 is 0 Å². The van der Waals surface area contributed by atoms with Crippen molar-refractivity contribution in [2.24, 2.45) is 5.92 Å². The van der Waals surface area contributed by atoms with Crippen molar-refractivity contribution in [3.8, 4) is 5.75 Å². The molecule has 20 heavy (non-hydrogen) atoms. The maximum atomic E-state index is 6.25. The third-order valence-electron chi connectivity index (χ3n) is 3.06. The van der Waals surface area contributed by atoms with Gasteiger partial charge in [0.25, 0.3) is 0 Å². The Hall–Kier alpha value is 0.220. The van der Waals surface area contributed by atoms with Crippen molar-refractivity contribution >= 4 is 72.6 Å². The lowest BCUT2D eigenvalue weighted by atomic mass is 10.1. The Kier molecular flexibility index (Phi) is 6.20. The van der Waals surface area contributed by atoms with Gasteiger partial charge in [0.2, 0.25) is 0 Å². The molecule has 0 spiro atoms. The van der Waals surface area contributed by atoms with Crippen molar-refractivity contribution in [3.63, 3.8) is 0 Å². The fraction of sp³-hybridized carbons (Fsp3) is 0.357. The van der Waals surface area contributed by atoms with Crippen molar-refractivity contribution in [2.45, 2.75) is 13.3 Å². The number of nitrogens with zero attached hydrogens (tertiary/aromatic N) is 1. The highest BCUT2D eigenvalue weighted by Crippen LogP contribution is 2.36. The molecule has 0 aliphatic carbocycles. The smallest absolute Gasteiger partial charge is 0.158 e. The van der Waals surface area contributed by atoms with Gasteiger partial charge in [-0.2, -0.15) is 0 Å². The van der Waals surface area contributed by atoms with Crippen LogP contribution in [0.2, 0.25) is 10.2 Å². The summed E-state index contributed by atoms with van der Waals surface area (Å²) < 4.78 is 6.93. The summed E-state index contributed by atoms with van der Waals surface area (Å²) in [6.45, 7) is 2.79. The van der Waals surface area contributed by atoms with Gasteiger partial charge in [-0.3, -0.25) is 0 Å². The van der Waals surface area contributed by atoms with E-state index in [9.17, 15) is 0 Å². The first-order chi connectivity index (χ1) is 9.56. The standard InChI is InChI=1S/C14H13BrCl2INO/c1-2-8(6-15)7-20-14-11(18)5-10(16)9-3-4-12(17)19-13(9)14/h3-5,8H,2,6-7H2,1H3. The third kappa shape index (κ3) is 3.70. The average Bonchev–Trinajstić information content (AvgIpc) is 2.42. The summed E-state index contributed by atoms with van der Waals surface area (Å²) in [4.78, 5) is 4.37. The van der Waals surface area contributed by atoms with Gasteiger partial charge in [-0.25, -0.2) is 4.98 Å². The van der Waals surface area contributed by atoms with E-state index in [1.807, 2.05) is 12.1 Å². The van der Waals surface area contributed by atoms with Crippen LogP contribution in [0.25, 0.3) is 10.9 Å². The zero-order chi connectivity index (χ0) is 14.7. The molecule has 0 fully saturated rings. The molecular weight excluding hydrogens is 476 g/mol. The summed E-state index contributed by atoms with van der Waals surface area (Å²) >= 11 is 18.0. The molecule has 2 rings (SSSR count). The number of hydrogen-bond donors (Lipinski definition) is 0. The lowest BCUT2D eigenvalue weighted by molar-refractivity contribution is 0.261. The van der Waals surface area contributed by atoms with Crippen LogP contribution < -0.4 is 4.74 Å². The second kappa shape index (κ2) is 7.47. The molecule has 108 valence electrons. The molecule has 1 aromatic carbocycles. The Bertz CT molecular complexity index is 620. The molecule has 1 heterocycles. The summed E-state index contributed by atoms with van der Waals surface area (Å²) in [6.07, 6.45) is 1.06. The highest BCUT2D eigenvalue weighted by Gasteiger charge is 2.15. The Balaban J connectivity index is 2.43. The van der Waals surface area contributed by atoms with E-state index in [4.69, 9.17) is 27.9 Å². The number of halogens is 4. The summed E-state index contributed by atoms with van der Waals surface area (Å²) in [5, 5.41) is 2.87. The molecule has 0 saturated carbocycles. The Labute approximate surface area is 150 Å². The van der Waals surface area contributed by atoms with E-state index in [2.05, 4.69) is 50.4 Å². The average molecular weight is 489 g/mol. The van der Waals surface area contributed by atoms with Gasteiger partial charge >= 0.3 is 0 Å². The van der Waals surface area contributed by atoms with Gasteiger partial charge in [-0.05, 0) is 47.2 Å². The second-order valence-electron chi connectivity index (χ2n) is 4.44. The van der Waals surface area contributed by atoms with E-state index in [-0.39, 0.29) is 0 Å². The van der Waals surface area contributed by atoms with Crippen LogP contribution in [-0.4, -0.2) is 16.9 Å². The van der Waals surface area contributed by atoms with Crippen molar-refractivity contribution in [3.05, 3.63) is 31.9 Å². The number of fused-ring (bicyclic) bond motifs is 1. The maximum absolute atomic E-state index is 6.25. The summed E-state index contributed by atoms with van der Waals surface area (Å²) in [6, 6.07) is 5.50. The predicted octanol–water partition coefficient (Wildman–Crippen LogP) is 5.95. The van der Waals surface area contributed by atoms with Crippen LogP contribution in [0.15, 0.2) is 18.2 Å². The van der Waals surface area contributed by atoms with Gasteiger partial charge < -0.3 is 4.74 Å². The van der Waals surface area contributed by atoms with Crippen molar-refractivity contribution in [2.75, 3.05) is 11.9 Å². The molecule has 0 aliphatic heterocycles. The van der Waals surface area contributed by atoms with Gasteiger partial charge in [0.05, 0.1) is 15.2 Å². The molecule has 0 N–H and O–H groups in total. The Morgan fingerprint density at radius 2 is 2.15 bits per heavy atom.